The van der Waals surface area contributed by atoms with Gasteiger partial charge in [0.15, 0.2) is 0 Å². The van der Waals surface area contributed by atoms with Crippen LogP contribution in [0.4, 0.5) is 13.2 Å². The number of hydrogen-bond acceptors (Lipinski definition) is 5. The Morgan fingerprint density at radius 3 is 2.05 bits per heavy atom. The van der Waals surface area contributed by atoms with E-state index in [1.165, 1.54) is 0 Å². The van der Waals surface area contributed by atoms with Crippen molar-refractivity contribution in [3.63, 3.8) is 0 Å². The van der Waals surface area contributed by atoms with Crippen molar-refractivity contribution in [2.45, 2.75) is 12.2 Å². The van der Waals surface area contributed by atoms with Gasteiger partial charge in [-0.25, -0.2) is 4.79 Å². The number of aliphatic carboxylic acids is 1. The molecule has 1 rings (SSSR count). The van der Waals surface area contributed by atoms with E-state index in [1.807, 2.05) is 0 Å². The summed E-state index contributed by atoms with van der Waals surface area (Å²) >= 11 is 0. The van der Waals surface area contributed by atoms with E-state index < -0.39 is 34.4 Å². The molecule has 5 N–H and O–H groups in total. The van der Waals surface area contributed by atoms with Crippen LogP contribution in [0.2, 0.25) is 0 Å². The lowest BCUT2D eigenvalue weighted by molar-refractivity contribution is -0.192. The summed E-state index contributed by atoms with van der Waals surface area (Å²) in [7, 11) is -2.41. The Morgan fingerprint density at radius 2 is 1.79 bits per heavy atom. The highest BCUT2D eigenvalue weighted by molar-refractivity contribution is 7.73. The summed E-state index contributed by atoms with van der Waals surface area (Å²) in [6, 6.07) is -0.905. The van der Waals surface area contributed by atoms with E-state index in [4.69, 9.17) is 15.6 Å². The van der Waals surface area contributed by atoms with E-state index in [0.717, 1.165) is 0 Å². The van der Waals surface area contributed by atoms with Gasteiger partial charge in [0, 0.05) is 13.1 Å². The van der Waals surface area contributed by atoms with Crippen molar-refractivity contribution in [2.24, 2.45) is 5.73 Å². The monoisotopic (exact) mass is 305 g/mol. The number of carboxylic acid groups (broad SMARTS) is 1. The van der Waals surface area contributed by atoms with Gasteiger partial charge in [-0.1, -0.05) is 0 Å². The van der Waals surface area contributed by atoms with Crippen LogP contribution in [0.15, 0.2) is 0 Å². The fourth-order valence-corrected chi connectivity index (χ4v) is 1.59. The zero-order valence-electron chi connectivity index (χ0n) is 9.19. The number of hydrogen-bond donors (Lipinski definition) is 4. The second-order valence-corrected chi connectivity index (χ2v) is 4.03. The van der Waals surface area contributed by atoms with Gasteiger partial charge >= 0.3 is 12.1 Å². The first-order valence-electron chi connectivity index (χ1n) is 4.60. The molecule has 0 radical (unpaired) electrons. The van der Waals surface area contributed by atoms with Crippen LogP contribution >= 0.6 is 0 Å². The molecule has 110 valence electrons. The zero-order valence-corrected chi connectivity index (χ0v) is 10.0. The maximum atomic E-state index is 10.7. The number of nitrogens with one attached hydrogen (secondary N) is 2. The van der Waals surface area contributed by atoms with Gasteiger partial charge in [0.1, 0.15) is 11.0 Å². The minimum absolute atomic E-state index is 0.0752. The number of halogens is 3. The molecule has 12 heteroatoms. The lowest BCUT2D eigenvalue weighted by atomic mass is 10.2. The summed E-state index contributed by atoms with van der Waals surface area (Å²) in [4.78, 5) is 19.5. The van der Waals surface area contributed by atoms with Crippen LogP contribution in [-0.4, -0.2) is 55.7 Å². The minimum Gasteiger partial charge on any atom is -0.475 e. The van der Waals surface area contributed by atoms with Crippen molar-refractivity contribution in [1.29, 1.82) is 0 Å². The van der Waals surface area contributed by atoms with Gasteiger partial charge in [-0.15, -0.1) is 0 Å². The van der Waals surface area contributed by atoms with E-state index in [9.17, 15) is 26.4 Å². The lowest BCUT2D eigenvalue weighted by Gasteiger charge is -2.21. The SMILES string of the molecule is NC(=O)C1NCCNC1=S(=O)=O.O=C(O)C(F)(F)F. The first-order valence-corrected chi connectivity index (χ1v) is 5.67. The van der Waals surface area contributed by atoms with Crippen molar-refractivity contribution in [1.82, 2.24) is 10.6 Å². The lowest BCUT2D eigenvalue weighted by Crippen LogP contribution is -2.58. The molecule has 0 aliphatic carbocycles. The highest BCUT2D eigenvalue weighted by Gasteiger charge is 2.38. The van der Waals surface area contributed by atoms with Gasteiger partial charge in [-0.2, -0.15) is 21.6 Å². The molecule has 1 aliphatic rings. The average molecular weight is 305 g/mol. The molecule has 1 amide bonds. The molecule has 0 spiro atoms. The van der Waals surface area contributed by atoms with Crippen molar-refractivity contribution in [3.8, 4) is 0 Å². The Balaban J connectivity index is 0.000000399. The third kappa shape index (κ3) is 6.17. The molecule has 1 heterocycles. The minimum atomic E-state index is -5.08. The number of nitrogens with two attached hydrogens (primary N) is 1. The van der Waals surface area contributed by atoms with Gasteiger partial charge in [0.25, 0.3) is 0 Å². The molecular weight excluding hydrogens is 295 g/mol. The second kappa shape index (κ2) is 7.06. The third-order valence-electron chi connectivity index (χ3n) is 1.74. The van der Waals surface area contributed by atoms with E-state index in [-0.39, 0.29) is 4.99 Å². The number of primary amides is 1. The summed E-state index contributed by atoms with van der Waals surface area (Å²) in [5, 5.41) is 12.4. The predicted molar refractivity (Wildman–Crippen MR) is 56.6 cm³/mol. The number of carbonyl (C=O) groups is 2. The second-order valence-electron chi connectivity index (χ2n) is 3.12. The van der Waals surface area contributed by atoms with E-state index in [2.05, 4.69) is 10.6 Å². The molecule has 19 heavy (non-hydrogen) atoms. The molecule has 0 aromatic rings. The molecule has 8 nitrogen and oxygen atoms in total. The van der Waals surface area contributed by atoms with E-state index in [1.54, 1.807) is 0 Å². The van der Waals surface area contributed by atoms with Crippen LogP contribution in [0.1, 0.15) is 0 Å². The summed E-state index contributed by atoms with van der Waals surface area (Å²) in [5.74, 6) is -3.45. The number of alkyl halides is 3. The third-order valence-corrected chi connectivity index (χ3v) is 2.48. The molecule has 1 saturated heterocycles. The molecule has 1 unspecified atom stereocenters. The van der Waals surface area contributed by atoms with Gasteiger partial charge in [0.05, 0.1) is 0 Å². The number of carbonyl (C=O) groups excluding carboxylic acids is 1. The number of amides is 1. The van der Waals surface area contributed by atoms with Crippen LogP contribution in [-0.2, 0) is 19.9 Å². The molecule has 0 aromatic heterocycles. The van der Waals surface area contributed by atoms with Crippen LogP contribution in [0.25, 0.3) is 0 Å². The van der Waals surface area contributed by atoms with Crippen LogP contribution in [0.5, 0.6) is 0 Å². The van der Waals surface area contributed by atoms with Crippen LogP contribution < -0.4 is 16.4 Å². The molecular formula is C7H10F3N3O5S. The van der Waals surface area contributed by atoms with Crippen LogP contribution in [0.3, 0.4) is 0 Å². The smallest absolute Gasteiger partial charge is 0.475 e. The predicted octanol–water partition coefficient (Wildman–Crippen LogP) is -2.32. The number of rotatable bonds is 1. The Bertz CT molecular complexity index is 479. The number of carboxylic acids is 1. The molecule has 0 saturated carbocycles. The quantitative estimate of drug-likeness (QED) is 0.399. The van der Waals surface area contributed by atoms with Gasteiger partial charge in [-0.05, 0) is 0 Å². The summed E-state index contributed by atoms with van der Waals surface area (Å²) in [6.07, 6.45) is -5.08. The summed E-state index contributed by atoms with van der Waals surface area (Å²) in [6.45, 7) is 1.00. The molecule has 0 aromatic carbocycles. The number of piperazine rings is 1. The largest absolute Gasteiger partial charge is 0.490 e. The fourth-order valence-electron chi connectivity index (χ4n) is 0.982. The standard InChI is InChI=1S/C5H9N3O3S.C2HF3O2/c6-4(9)3-5(12(10)11)8-2-1-7-3;3-2(4,5)1(6)7/h3,7-8H,1-2H2,(H2,6,9);(H,6,7). The molecule has 1 atom stereocenters. The normalized spacial score (nSPS) is 19.1. The summed E-state index contributed by atoms with van der Waals surface area (Å²) in [5.41, 5.74) is 4.96. The zero-order chi connectivity index (χ0) is 15.2. The fraction of sp³-hybridized carbons (Fsp3) is 0.571. The maximum absolute atomic E-state index is 10.7. The van der Waals surface area contributed by atoms with Crippen LogP contribution in [0, 0.1) is 0 Å². The van der Waals surface area contributed by atoms with Gasteiger partial charge in [0.2, 0.25) is 16.2 Å². The maximum Gasteiger partial charge on any atom is 0.490 e. The molecule has 0 bridgehead atoms. The van der Waals surface area contributed by atoms with Crippen molar-refractivity contribution in [3.05, 3.63) is 0 Å². The Hall–Kier alpha value is -1.66. The van der Waals surface area contributed by atoms with Gasteiger partial charge in [-0.3, -0.25) is 15.4 Å². The first-order chi connectivity index (χ1) is 8.57. The average Bonchev–Trinajstić information content (AvgIpc) is 2.28. The first kappa shape index (κ1) is 17.3. The van der Waals surface area contributed by atoms with Crippen molar-refractivity contribution in [2.75, 3.05) is 13.1 Å². The van der Waals surface area contributed by atoms with E-state index >= 15 is 0 Å². The van der Waals surface area contributed by atoms with Crippen molar-refractivity contribution >= 4 is 27.2 Å². The highest BCUT2D eigenvalue weighted by Crippen LogP contribution is 2.13. The summed E-state index contributed by atoms with van der Waals surface area (Å²) < 4.78 is 52.8. The topological polar surface area (TPSA) is 139 Å². The molecule has 1 fully saturated rings. The van der Waals surface area contributed by atoms with Crippen molar-refractivity contribution < 1.29 is 36.3 Å². The van der Waals surface area contributed by atoms with E-state index in [0.29, 0.717) is 13.1 Å². The Kier molecular flexibility index (Phi) is 6.44. The highest BCUT2D eigenvalue weighted by atomic mass is 32.2. The molecule has 1 aliphatic heterocycles. The Labute approximate surface area is 106 Å². The Morgan fingerprint density at radius 1 is 1.32 bits per heavy atom. The van der Waals surface area contributed by atoms with Gasteiger partial charge < -0.3 is 10.8 Å².